The molecular weight excluding hydrogens is 305 g/mol. The predicted molar refractivity (Wildman–Crippen MR) is 97.9 cm³/mol. The van der Waals surface area contributed by atoms with Crippen LogP contribution in [-0.2, 0) is 0 Å². The largest absolute Gasteiger partial charge is 0.0773 e. The Kier molecular flexibility index (Phi) is 3.74. The highest BCUT2D eigenvalue weighted by Gasteiger charge is 2.29. The molecule has 0 saturated heterocycles. The van der Waals surface area contributed by atoms with Gasteiger partial charge in [-0.2, -0.15) is 0 Å². The molecule has 4 bridgehead atoms. The molecule has 20 heavy (non-hydrogen) atoms. The third kappa shape index (κ3) is 2.57. The molecule has 4 radical (unpaired) electrons. The lowest BCUT2D eigenvalue weighted by atomic mass is 10.4. The molecule has 2 aromatic carbocycles. The molecule has 2 aromatic rings. The topological polar surface area (TPSA) is 0 Å². The number of benzene rings is 2. The highest BCUT2D eigenvalue weighted by atomic mass is 29.2. The quantitative estimate of drug-likeness (QED) is 0.631. The Morgan fingerprint density at radius 1 is 0.850 bits per heavy atom. The molecule has 1 aliphatic heterocycles. The average Bonchev–Trinajstić information content (AvgIpc) is 2.45. The van der Waals surface area contributed by atoms with E-state index in [0.29, 0.717) is 0 Å². The minimum atomic E-state index is -1.34. The van der Waals surface area contributed by atoms with Crippen LogP contribution in [0.25, 0.3) is 0 Å². The maximum Gasteiger partial charge on any atom is 0.0773 e. The van der Waals surface area contributed by atoms with Crippen LogP contribution in [0.3, 0.4) is 0 Å². The van der Waals surface area contributed by atoms with Gasteiger partial charge in [0.05, 0.1) is 33.3 Å². The Balaban J connectivity index is 2.19. The van der Waals surface area contributed by atoms with E-state index < -0.39 is 24.2 Å². The zero-order chi connectivity index (χ0) is 14.3. The lowest BCUT2D eigenvalue weighted by Crippen LogP contribution is -2.57. The molecule has 0 nitrogen and oxygen atoms in total. The van der Waals surface area contributed by atoms with E-state index in [-0.39, 0.29) is 0 Å². The summed E-state index contributed by atoms with van der Waals surface area (Å²) in [6, 6.07) is 19.2. The fourth-order valence-electron chi connectivity index (χ4n) is 2.84. The van der Waals surface area contributed by atoms with Gasteiger partial charge in [0.1, 0.15) is 0 Å². The Morgan fingerprint density at radius 2 is 1.45 bits per heavy atom. The van der Waals surface area contributed by atoms with E-state index in [1.54, 1.807) is 20.7 Å². The van der Waals surface area contributed by atoms with Crippen molar-refractivity contribution in [3.63, 3.8) is 0 Å². The van der Waals surface area contributed by atoms with E-state index in [9.17, 15) is 0 Å². The molecule has 0 spiro atoms. The summed E-state index contributed by atoms with van der Waals surface area (Å²) in [4.78, 5) is 0. The summed E-state index contributed by atoms with van der Waals surface area (Å²) in [5.74, 6) is 0. The number of rotatable bonds is 0. The number of hydrogen-bond acceptors (Lipinski definition) is 0. The van der Waals surface area contributed by atoms with Crippen molar-refractivity contribution in [3.8, 4) is 0 Å². The van der Waals surface area contributed by atoms with Gasteiger partial charge in [0, 0.05) is 0 Å². The number of fused-ring (bicyclic) bond motifs is 4. The van der Waals surface area contributed by atoms with Crippen LogP contribution in [0.5, 0.6) is 0 Å². The minimum absolute atomic E-state index is 0.417. The molecule has 3 rings (SSSR count). The Morgan fingerprint density at radius 3 is 2.15 bits per heavy atom. The lowest BCUT2D eigenvalue weighted by Gasteiger charge is -2.27. The van der Waals surface area contributed by atoms with Crippen LogP contribution in [0, 0.1) is 0 Å². The molecule has 1 aliphatic rings. The second-order valence-corrected chi connectivity index (χ2v) is 23.5. The first-order valence-electron chi connectivity index (χ1n) is 7.14. The van der Waals surface area contributed by atoms with Crippen LogP contribution in [0.15, 0.2) is 48.5 Å². The van der Waals surface area contributed by atoms with Gasteiger partial charge in [-0.05, 0) is 0 Å². The molecule has 0 atom stereocenters. The number of hydrogen-bond donors (Lipinski definition) is 0. The van der Waals surface area contributed by atoms with Gasteiger partial charge in [-0.25, -0.2) is 0 Å². The van der Waals surface area contributed by atoms with Gasteiger partial charge in [0.15, 0.2) is 0 Å². The van der Waals surface area contributed by atoms with Crippen LogP contribution < -0.4 is 20.7 Å². The summed E-state index contributed by atoms with van der Waals surface area (Å²) in [5.41, 5.74) is 0. The van der Waals surface area contributed by atoms with Crippen molar-refractivity contribution >= 4 is 54.0 Å². The monoisotopic (exact) mass is 324 g/mol. The molecule has 4 heteroatoms. The molecule has 1 heterocycles. The Labute approximate surface area is 128 Å². The first-order valence-corrected chi connectivity index (χ1v) is 17.1. The van der Waals surface area contributed by atoms with E-state index in [4.69, 9.17) is 0 Å². The lowest BCUT2D eigenvalue weighted by molar-refractivity contribution is 1.75. The molecular formula is C16H20Si4. The van der Waals surface area contributed by atoms with Crippen LogP contribution >= 0.6 is 0 Å². The van der Waals surface area contributed by atoms with Gasteiger partial charge >= 0.3 is 0 Å². The molecule has 0 unspecified atom stereocenters. The molecule has 0 fully saturated rings. The van der Waals surface area contributed by atoms with E-state index in [1.807, 2.05) is 0 Å². The Hall–Kier alpha value is -0.692. The SMILES string of the molecule is C[Si]1c2cccc(c2)[Si][Si](C)(C)c2cccc(c2)[Si]1C. The van der Waals surface area contributed by atoms with Crippen molar-refractivity contribution in [2.45, 2.75) is 26.2 Å². The third-order valence-corrected chi connectivity index (χ3v) is 19.5. The maximum atomic E-state index is 2.56. The summed E-state index contributed by atoms with van der Waals surface area (Å²) >= 11 is 0. The van der Waals surface area contributed by atoms with Crippen LogP contribution in [0.4, 0.5) is 0 Å². The first kappa shape index (κ1) is 14.3. The summed E-state index contributed by atoms with van der Waals surface area (Å²) in [6.07, 6.45) is 0. The standard InChI is InChI=1S/C16H20Si4/c1-18-14-8-5-7-13(11-14)17-20(3,4)16-10-6-9-15(12-16)19(18)2/h5-12H,1-4H3. The summed E-state index contributed by atoms with van der Waals surface area (Å²) < 4.78 is 0. The molecule has 0 aromatic heterocycles. The summed E-state index contributed by atoms with van der Waals surface area (Å²) in [7, 11) is -1.19. The third-order valence-electron chi connectivity index (χ3n) is 4.33. The summed E-state index contributed by atoms with van der Waals surface area (Å²) in [5, 5.41) is 6.54. The first-order chi connectivity index (χ1) is 9.47. The van der Waals surface area contributed by atoms with Crippen LogP contribution in [-0.4, -0.2) is 33.3 Å². The molecule has 0 amide bonds. The van der Waals surface area contributed by atoms with Crippen molar-refractivity contribution in [2.75, 3.05) is 0 Å². The second kappa shape index (κ2) is 5.25. The van der Waals surface area contributed by atoms with Gasteiger partial charge in [-0.3, -0.25) is 0 Å². The molecule has 0 N–H and O–H groups in total. The van der Waals surface area contributed by atoms with Gasteiger partial charge in [0.2, 0.25) is 0 Å². The fourth-order valence-corrected chi connectivity index (χ4v) is 14.8. The minimum Gasteiger partial charge on any atom is -0.0688 e. The van der Waals surface area contributed by atoms with E-state index in [0.717, 1.165) is 9.04 Å². The van der Waals surface area contributed by atoms with Gasteiger partial charge in [-0.15, -0.1) is 0 Å². The van der Waals surface area contributed by atoms with Crippen LogP contribution in [0.1, 0.15) is 0 Å². The van der Waals surface area contributed by atoms with Gasteiger partial charge in [-0.1, -0.05) is 95.5 Å². The normalized spacial score (nSPS) is 18.8. The predicted octanol–water partition coefficient (Wildman–Crippen LogP) is 0.884. The van der Waals surface area contributed by atoms with Crippen molar-refractivity contribution in [1.82, 2.24) is 0 Å². The van der Waals surface area contributed by atoms with Crippen molar-refractivity contribution in [1.29, 1.82) is 0 Å². The van der Waals surface area contributed by atoms with Crippen molar-refractivity contribution in [2.24, 2.45) is 0 Å². The zero-order valence-electron chi connectivity index (χ0n) is 12.6. The highest BCUT2D eigenvalue weighted by molar-refractivity contribution is 7.35. The second-order valence-electron chi connectivity index (χ2n) is 6.16. The summed E-state index contributed by atoms with van der Waals surface area (Å²) in [6.45, 7) is 10.1. The van der Waals surface area contributed by atoms with Gasteiger partial charge in [0.25, 0.3) is 0 Å². The van der Waals surface area contributed by atoms with Crippen molar-refractivity contribution < 1.29 is 0 Å². The van der Waals surface area contributed by atoms with Crippen LogP contribution in [0.2, 0.25) is 26.2 Å². The molecule has 0 saturated carbocycles. The maximum absolute atomic E-state index is 2.56. The smallest absolute Gasteiger partial charge is 0.0688 e. The van der Waals surface area contributed by atoms with E-state index >= 15 is 0 Å². The average molecular weight is 325 g/mol. The molecule has 0 aliphatic carbocycles. The highest BCUT2D eigenvalue weighted by Crippen LogP contribution is 2.04. The van der Waals surface area contributed by atoms with Gasteiger partial charge < -0.3 is 0 Å². The van der Waals surface area contributed by atoms with E-state index in [1.165, 1.54) is 0 Å². The van der Waals surface area contributed by atoms with Crippen molar-refractivity contribution in [3.05, 3.63) is 48.5 Å². The Bertz CT molecular complexity index is 636. The molecule has 100 valence electrons. The fraction of sp³-hybridized carbons (Fsp3) is 0.250. The van der Waals surface area contributed by atoms with E-state index in [2.05, 4.69) is 74.7 Å². The zero-order valence-corrected chi connectivity index (χ0v) is 16.6.